The predicted octanol–water partition coefficient (Wildman–Crippen LogP) is 2.96. The van der Waals surface area contributed by atoms with Crippen LogP contribution >= 0.6 is 23.4 Å². The van der Waals surface area contributed by atoms with Gasteiger partial charge in [-0.15, -0.1) is 0 Å². The fourth-order valence-corrected chi connectivity index (χ4v) is 2.13. The largest absolute Gasteiger partial charge is 0.219 e. The molecular formula is C11H13ClN4S. The monoisotopic (exact) mass is 268 g/mol. The summed E-state index contributed by atoms with van der Waals surface area (Å²) in [7, 11) is 0. The highest BCUT2D eigenvalue weighted by molar-refractivity contribution is 7.98. The summed E-state index contributed by atoms with van der Waals surface area (Å²) in [6.45, 7) is 6.05. The molecular weight excluding hydrogens is 256 g/mol. The van der Waals surface area contributed by atoms with E-state index in [9.17, 15) is 0 Å². The van der Waals surface area contributed by atoms with Gasteiger partial charge in [0.15, 0.2) is 11.0 Å². The van der Waals surface area contributed by atoms with Crippen molar-refractivity contribution in [1.82, 2.24) is 19.7 Å². The summed E-state index contributed by atoms with van der Waals surface area (Å²) in [4.78, 5) is 8.52. The summed E-state index contributed by atoms with van der Waals surface area (Å²) in [6, 6.07) is 1.72. The van der Waals surface area contributed by atoms with Gasteiger partial charge in [0.2, 0.25) is 0 Å². The quantitative estimate of drug-likeness (QED) is 0.477. The summed E-state index contributed by atoms with van der Waals surface area (Å²) in [5, 5.41) is 5.54. The molecule has 0 radical (unpaired) electrons. The van der Waals surface area contributed by atoms with E-state index in [1.807, 2.05) is 27.0 Å². The summed E-state index contributed by atoms with van der Waals surface area (Å²) >= 11 is 7.43. The predicted molar refractivity (Wildman–Crippen MR) is 70.2 cm³/mol. The van der Waals surface area contributed by atoms with Gasteiger partial charge in [0.05, 0.1) is 5.69 Å². The number of aromatic nitrogens is 4. The molecule has 0 saturated carbocycles. The van der Waals surface area contributed by atoms with Gasteiger partial charge in [-0.25, -0.2) is 14.6 Å². The molecule has 0 unspecified atom stereocenters. The van der Waals surface area contributed by atoms with Crippen LogP contribution in [0.2, 0.25) is 5.15 Å². The normalized spacial score (nSPS) is 10.9. The molecule has 90 valence electrons. The van der Waals surface area contributed by atoms with E-state index in [-0.39, 0.29) is 0 Å². The number of halogens is 1. The molecule has 0 saturated heterocycles. The van der Waals surface area contributed by atoms with Crippen LogP contribution in [0, 0.1) is 20.8 Å². The molecule has 0 amide bonds. The third-order valence-electron chi connectivity index (χ3n) is 2.71. The summed E-state index contributed by atoms with van der Waals surface area (Å²) in [6.07, 6.45) is 1.92. The minimum Gasteiger partial charge on any atom is -0.219 e. The molecule has 0 aliphatic rings. The zero-order valence-electron chi connectivity index (χ0n) is 10.2. The lowest BCUT2D eigenvalue weighted by atomic mass is 10.2. The first-order valence-electron chi connectivity index (χ1n) is 5.14. The molecule has 6 heteroatoms. The molecule has 2 aromatic heterocycles. The maximum absolute atomic E-state index is 5.97. The molecule has 2 heterocycles. The molecule has 0 fully saturated rings. The summed E-state index contributed by atoms with van der Waals surface area (Å²) < 4.78 is 1.80. The first kappa shape index (κ1) is 12.4. The van der Waals surface area contributed by atoms with Crippen LogP contribution in [0.5, 0.6) is 0 Å². The Morgan fingerprint density at radius 3 is 2.47 bits per heavy atom. The molecule has 2 aromatic rings. The van der Waals surface area contributed by atoms with Crippen molar-refractivity contribution in [1.29, 1.82) is 0 Å². The number of thioether (sulfide) groups is 1. The second kappa shape index (κ2) is 4.66. The average Bonchev–Trinajstić information content (AvgIpc) is 2.56. The zero-order valence-corrected chi connectivity index (χ0v) is 11.7. The number of aryl methyl sites for hydroxylation is 1. The second-order valence-electron chi connectivity index (χ2n) is 3.74. The molecule has 17 heavy (non-hydrogen) atoms. The lowest BCUT2D eigenvalue weighted by Gasteiger charge is -2.05. The Kier molecular flexibility index (Phi) is 3.40. The summed E-state index contributed by atoms with van der Waals surface area (Å²) in [5.41, 5.74) is 3.25. The second-order valence-corrected chi connectivity index (χ2v) is 4.90. The number of hydrogen-bond donors (Lipinski definition) is 0. The fraction of sp³-hybridized carbons (Fsp3) is 0.364. The van der Waals surface area contributed by atoms with Crippen molar-refractivity contribution in [3.8, 4) is 5.82 Å². The van der Waals surface area contributed by atoms with Crippen molar-refractivity contribution in [2.24, 2.45) is 0 Å². The highest BCUT2D eigenvalue weighted by Gasteiger charge is 2.11. The van der Waals surface area contributed by atoms with Gasteiger partial charge in [-0.3, -0.25) is 0 Å². The van der Waals surface area contributed by atoms with Crippen molar-refractivity contribution in [3.63, 3.8) is 0 Å². The molecule has 4 nitrogen and oxygen atoms in total. The molecule has 0 spiro atoms. The minimum atomic E-state index is 0.435. The zero-order chi connectivity index (χ0) is 12.6. The lowest BCUT2D eigenvalue weighted by Crippen LogP contribution is -2.04. The average molecular weight is 269 g/mol. The molecule has 0 N–H and O–H groups in total. The Hall–Kier alpha value is -1.07. The summed E-state index contributed by atoms with van der Waals surface area (Å²) in [5.74, 6) is 0.711. The van der Waals surface area contributed by atoms with E-state index >= 15 is 0 Å². The van der Waals surface area contributed by atoms with Gasteiger partial charge in [0, 0.05) is 11.8 Å². The van der Waals surface area contributed by atoms with Gasteiger partial charge in [-0.1, -0.05) is 23.4 Å². The first-order chi connectivity index (χ1) is 8.02. The van der Waals surface area contributed by atoms with Gasteiger partial charge in [-0.05, 0) is 32.6 Å². The van der Waals surface area contributed by atoms with Crippen molar-refractivity contribution in [3.05, 3.63) is 28.2 Å². The van der Waals surface area contributed by atoms with Crippen LogP contribution in [0.25, 0.3) is 5.82 Å². The van der Waals surface area contributed by atoms with Crippen LogP contribution in [-0.4, -0.2) is 26.0 Å². The Labute approximate surface area is 109 Å². The fourth-order valence-electron chi connectivity index (χ4n) is 1.53. The molecule has 0 aromatic carbocycles. The van der Waals surface area contributed by atoms with Crippen molar-refractivity contribution in [2.75, 3.05) is 6.26 Å². The highest BCUT2D eigenvalue weighted by atomic mass is 35.5. The van der Waals surface area contributed by atoms with Gasteiger partial charge in [0.25, 0.3) is 0 Å². The maximum Gasteiger partial charge on any atom is 0.190 e. The van der Waals surface area contributed by atoms with Crippen LogP contribution in [0.1, 0.15) is 17.0 Å². The molecule has 0 atom stereocenters. The van der Waals surface area contributed by atoms with E-state index in [4.69, 9.17) is 11.6 Å². The van der Waals surface area contributed by atoms with Gasteiger partial charge in [-0.2, -0.15) is 5.10 Å². The van der Waals surface area contributed by atoms with Crippen LogP contribution in [0.4, 0.5) is 0 Å². The van der Waals surface area contributed by atoms with E-state index in [1.54, 1.807) is 10.7 Å². The van der Waals surface area contributed by atoms with E-state index in [0.29, 0.717) is 16.1 Å². The van der Waals surface area contributed by atoms with Crippen LogP contribution < -0.4 is 0 Å². The number of nitrogens with zero attached hydrogens (tertiary/aromatic N) is 4. The van der Waals surface area contributed by atoms with Gasteiger partial charge < -0.3 is 0 Å². The molecule has 2 rings (SSSR count). The lowest BCUT2D eigenvalue weighted by molar-refractivity contribution is 0.777. The molecule has 0 bridgehead atoms. The Balaban J connectivity index is 2.59. The third-order valence-corrected chi connectivity index (χ3v) is 3.45. The van der Waals surface area contributed by atoms with Crippen LogP contribution in [0.15, 0.2) is 11.2 Å². The Morgan fingerprint density at radius 2 is 1.94 bits per heavy atom. The molecule has 0 aliphatic heterocycles. The Morgan fingerprint density at radius 1 is 1.24 bits per heavy atom. The van der Waals surface area contributed by atoms with E-state index in [0.717, 1.165) is 11.4 Å². The van der Waals surface area contributed by atoms with E-state index in [2.05, 4.69) is 15.1 Å². The number of rotatable bonds is 2. The Bertz CT molecular complexity index is 565. The van der Waals surface area contributed by atoms with Crippen molar-refractivity contribution < 1.29 is 0 Å². The number of hydrogen-bond acceptors (Lipinski definition) is 4. The third kappa shape index (κ3) is 2.30. The van der Waals surface area contributed by atoms with Crippen LogP contribution in [-0.2, 0) is 0 Å². The van der Waals surface area contributed by atoms with E-state index in [1.165, 1.54) is 17.3 Å². The SMILES string of the molecule is CSc1nc(Cl)cc(-n2nc(C)c(C)c2C)n1. The van der Waals surface area contributed by atoms with Gasteiger partial charge >= 0.3 is 0 Å². The molecule has 0 aliphatic carbocycles. The topological polar surface area (TPSA) is 43.6 Å². The van der Waals surface area contributed by atoms with Gasteiger partial charge in [0.1, 0.15) is 5.15 Å². The van der Waals surface area contributed by atoms with Crippen LogP contribution in [0.3, 0.4) is 0 Å². The van der Waals surface area contributed by atoms with Crippen molar-refractivity contribution >= 4 is 23.4 Å². The smallest absolute Gasteiger partial charge is 0.190 e. The highest BCUT2D eigenvalue weighted by Crippen LogP contribution is 2.20. The van der Waals surface area contributed by atoms with Crippen molar-refractivity contribution in [2.45, 2.75) is 25.9 Å². The minimum absolute atomic E-state index is 0.435. The van der Waals surface area contributed by atoms with E-state index < -0.39 is 0 Å². The first-order valence-corrected chi connectivity index (χ1v) is 6.75. The maximum atomic E-state index is 5.97. The standard InChI is InChI=1S/C11H13ClN4S/c1-6-7(2)15-16(8(6)3)10-5-9(12)13-11(14-10)17-4/h5H,1-4H3.